The predicted molar refractivity (Wildman–Crippen MR) is 68.7 cm³/mol. The minimum atomic E-state index is 0.400. The number of rotatable bonds is 2. The fraction of sp³-hybridized carbons (Fsp3) is 0.111. The minimum Gasteiger partial charge on any atom is -0.382 e. The van der Waals surface area contributed by atoms with Gasteiger partial charge in [0.05, 0.1) is 28.4 Å². The van der Waals surface area contributed by atoms with E-state index in [4.69, 9.17) is 5.73 Å². The van der Waals surface area contributed by atoms with E-state index in [1.54, 1.807) is 12.5 Å². The molecule has 0 radical (unpaired) electrons. The van der Waals surface area contributed by atoms with Gasteiger partial charge in [0.2, 0.25) is 0 Å². The Morgan fingerprint density at radius 3 is 3.00 bits per heavy atom. The van der Waals surface area contributed by atoms with Crippen LogP contribution in [0.15, 0.2) is 23.3 Å². The molecule has 0 aliphatic rings. The first-order valence-electron chi connectivity index (χ1n) is 4.76. The van der Waals surface area contributed by atoms with E-state index in [0.29, 0.717) is 17.9 Å². The van der Waals surface area contributed by atoms with Crippen molar-refractivity contribution in [3.05, 3.63) is 28.2 Å². The van der Waals surface area contributed by atoms with E-state index in [0.717, 1.165) is 15.0 Å². The van der Waals surface area contributed by atoms with E-state index in [9.17, 15) is 0 Å². The molecule has 8 heteroatoms. The lowest BCUT2D eigenvalue weighted by atomic mass is 10.4. The third-order valence-electron chi connectivity index (χ3n) is 2.34. The van der Waals surface area contributed by atoms with Crippen molar-refractivity contribution in [1.29, 1.82) is 0 Å². The zero-order valence-corrected chi connectivity index (χ0v) is 10.9. The van der Waals surface area contributed by atoms with Crippen molar-refractivity contribution < 1.29 is 0 Å². The summed E-state index contributed by atoms with van der Waals surface area (Å²) >= 11 is 4.89. The number of nitrogens with zero attached hydrogens (tertiary/aromatic N) is 5. The van der Waals surface area contributed by atoms with E-state index in [1.807, 2.05) is 4.57 Å². The van der Waals surface area contributed by atoms with Crippen LogP contribution in [0.5, 0.6) is 0 Å². The molecule has 0 amide bonds. The molecule has 3 heterocycles. The Kier molecular flexibility index (Phi) is 2.52. The van der Waals surface area contributed by atoms with Gasteiger partial charge in [0.15, 0.2) is 11.5 Å². The summed E-state index contributed by atoms with van der Waals surface area (Å²) in [5, 5.41) is 0. The number of fused-ring (bicyclic) bond motifs is 1. The number of hydrogen-bond donors (Lipinski definition) is 1. The van der Waals surface area contributed by atoms with Gasteiger partial charge in [-0.15, -0.1) is 0 Å². The fourth-order valence-corrected chi connectivity index (χ4v) is 2.73. The Bertz CT molecular complexity index is 675. The molecule has 6 nitrogen and oxygen atoms in total. The van der Waals surface area contributed by atoms with Gasteiger partial charge in [0, 0.05) is 0 Å². The second-order valence-electron chi connectivity index (χ2n) is 3.40. The van der Waals surface area contributed by atoms with E-state index in [-0.39, 0.29) is 0 Å². The van der Waals surface area contributed by atoms with Crippen LogP contribution in [0.3, 0.4) is 0 Å². The van der Waals surface area contributed by atoms with Gasteiger partial charge >= 0.3 is 0 Å². The van der Waals surface area contributed by atoms with Gasteiger partial charge in [-0.3, -0.25) is 0 Å². The molecule has 3 aromatic heterocycles. The van der Waals surface area contributed by atoms with Crippen molar-refractivity contribution in [3.8, 4) is 0 Å². The molecular weight excluding hydrogens is 304 g/mol. The summed E-state index contributed by atoms with van der Waals surface area (Å²) in [6.07, 6.45) is 4.93. The third-order valence-corrected chi connectivity index (χ3v) is 4.06. The smallest absolute Gasteiger partial charge is 0.165 e. The summed E-state index contributed by atoms with van der Waals surface area (Å²) in [5.74, 6) is 0.400. The molecule has 0 fully saturated rings. The van der Waals surface area contributed by atoms with Crippen LogP contribution in [-0.4, -0.2) is 23.9 Å². The Morgan fingerprint density at radius 2 is 2.24 bits per heavy atom. The van der Waals surface area contributed by atoms with Crippen LogP contribution in [-0.2, 0) is 6.54 Å². The summed E-state index contributed by atoms with van der Waals surface area (Å²) in [4.78, 5) is 13.4. The van der Waals surface area contributed by atoms with Crippen LogP contribution >= 0.6 is 27.5 Å². The fourth-order valence-electron chi connectivity index (χ4n) is 1.53. The molecule has 2 N–H and O–H groups in total. The van der Waals surface area contributed by atoms with Gasteiger partial charge in [-0.1, -0.05) is 0 Å². The van der Waals surface area contributed by atoms with Crippen LogP contribution in [0, 0.1) is 0 Å². The van der Waals surface area contributed by atoms with Gasteiger partial charge < -0.3 is 10.3 Å². The van der Waals surface area contributed by atoms with Crippen molar-refractivity contribution in [2.24, 2.45) is 0 Å². The summed E-state index contributed by atoms with van der Waals surface area (Å²) in [6.45, 7) is 0.665. The maximum absolute atomic E-state index is 5.73. The Balaban J connectivity index is 2.07. The molecule has 0 bridgehead atoms. The molecule has 0 spiro atoms. The van der Waals surface area contributed by atoms with Gasteiger partial charge in [-0.05, 0) is 27.5 Å². The highest BCUT2D eigenvalue weighted by Gasteiger charge is 2.10. The Morgan fingerprint density at radius 1 is 1.35 bits per heavy atom. The predicted octanol–water partition coefficient (Wildman–Crippen LogP) is 1.68. The van der Waals surface area contributed by atoms with Crippen LogP contribution in [0.4, 0.5) is 5.82 Å². The van der Waals surface area contributed by atoms with E-state index >= 15 is 0 Å². The summed E-state index contributed by atoms with van der Waals surface area (Å²) < 4.78 is 7.02. The highest BCUT2D eigenvalue weighted by atomic mass is 79.9. The van der Waals surface area contributed by atoms with Gasteiger partial charge in [-0.25, -0.2) is 15.0 Å². The lowest BCUT2D eigenvalue weighted by Gasteiger charge is -2.01. The standard InChI is InChI=1S/C9H7BrN6S/c10-5-1-15-17-6(5)2-16-4-14-7-8(11)12-3-13-9(7)16/h1,3-4H,2H2,(H2,11,12,13). The zero-order chi connectivity index (χ0) is 11.8. The first-order chi connectivity index (χ1) is 8.25. The first-order valence-corrected chi connectivity index (χ1v) is 6.32. The van der Waals surface area contributed by atoms with Crippen LogP contribution in [0.1, 0.15) is 4.88 Å². The lowest BCUT2D eigenvalue weighted by molar-refractivity contribution is 0.823. The quantitative estimate of drug-likeness (QED) is 0.778. The molecule has 3 rings (SSSR count). The Labute approximate surface area is 109 Å². The summed E-state index contributed by atoms with van der Waals surface area (Å²) in [5.41, 5.74) is 7.09. The number of halogens is 1. The highest BCUT2D eigenvalue weighted by molar-refractivity contribution is 9.10. The maximum atomic E-state index is 5.73. The number of anilines is 1. The minimum absolute atomic E-state index is 0.400. The molecule has 0 unspecified atom stereocenters. The van der Waals surface area contributed by atoms with Crippen molar-refractivity contribution in [2.45, 2.75) is 6.54 Å². The second-order valence-corrected chi connectivity index (χ2v) is 5.14. The van der Waals surface area contributed by atoms with Crippen LogP contribution in [0.2, 0.25) is 0 Å². The molecule has 0 saturated heterocycles. The van der Waals surface area contributed by atoms with Crippen LogP contribution < -0.4 is 5.73 Å². The molecule has 86 valence electrons. The van der Waals surface area contributed by atoms with E-state index in [2.05, 4.69) is 35.3 Å². The SMILES string of the molecule is Nc1ncnc2c1ncn2Cc1sncc1Br. The molecule has 0 aliphatic heterocycles. The molecule has 0 aliphatic carbocycles. The third kappa shape index (κ3) is 1.79. The lowest BCUT2D eigenvalue weighted by Crippen LogP contribution is -1.99. The molecular formula is C9H7BrN6S. The molecule has 0 aromatic carbocycles. The number of nitrogen functional groups attached to an aromatic ring is 1. The number of hydrogen-bond acceptors (Lipinski definition) is 6. The average molecular weight is 311 g/mol. The maximum Gasteiger partial charge on any atom is 0.165 e. The van der Waals surface area contributed by atoms with Crippen molar-refractivity contribution >= 4 is 44.4 Å². The van der Waals surface area contributed by atoms with Gasteiger partial charge in [-0.2, -0.15) is 4.37 Å². The first kappa shape index (κ1) is 10.6. The monoisotopic (exact) mass is 310 g/mol. The largest absolute Gasteiger partial charge is 0.382 e. The average Bonchev–Trinajstić information content (AvgIpc) is 2.89. The van der Waals surface area contributed by atoms with Gasteiger partial charge in [0.25, 0.3) is 0 Å². The Hall–Kier alpha value is -1.54. The second kappa shape index (κ2) is 4.04. The molecule has 3 aromatic rings. The summed E-state index contributed by atoms with van der Waals surface area (Å²) in [7, 11) is 0. The van der Waals surface area contributed by atoms with E-state index < -0.39 is 0 Å². The molecule has 0 saturated carbocycles. The number of aromatic nitrogens is 5. The number of imidazole rings is 1. The summed E-state index contributed by atoms with van der Waals surface area (Å²) in [6, 6.07) is 0. The van der Waals surface area contributed by atoms with Crippen molar-refractivity contribution in [2.75, 3.05) is 5.73 Å². The van der Waals surface area contributed by atoms with Crippen molar-refractivity contribution in [3.63, 3.8) is 0 Å². The van der Waals surface area contributed by atoms with Crippen LogP contribution in [0.25, 0.3) is 11.2 Å². The topological polar surface area (TPSA) is 82.5 Å². The van der Waals surface area contributed by atoms with E-state index in [1.165, 1.54) is 17.9 Å². The van der Waals surface area contributed by atoms with Gasteiger partial charge in [0.1, 0.15) is 11.8 Å². The highest BCUT2D eigenvalue weighted by Crippen LogP contribution is 2.23. The molecule has 17 heavy (non-hydrogen) atoms. The zero-order valence-electron chi connectivity index (χ0n) is 8.54. The van der Waals surface area contributed by atoms with Crippen molar-refractivity contribution in [1.82, 2.24) is 23.9 Å². The molecule has 0 atom stereocenters. The normalized spacial score (nSPS) is 11.1. The number of nitrogens with two attached hydrogens (primary N) is 1.